The average molecular weight is 229 g/mol. The van der Waals surface area contributed by atoms with Crippen molar-refractivity contribution in [3.8, 4) is 0 Å². The molecule has 1 aliphatic carbocycles. The number of hydrogen-bond donors (Lipinski definition) is 2. The number of nitrogens with zero attached hydrogens (tertiary/aromatic N) is 1. The third kappa shape index (κ3) is 2.07. The molecule has 1 heterocycles. The molecule has 0 aromatic heterocycles. The van der Waals surface area contributed by atoms with Crippen LogP contribution in [0, 0.1) is 6.92 Å². The number of fused-ring (bicyclic) bond motifs is 1. The largest absolute Gasteiger partial charge is 0.365 e. The van der Waals surface area contributed by atoms with Crippen LogP contribution < -0.4 is 11.1 Å². The van der Waals surface area contributed by atoms with E-state index < -0.39 is 0 Å². The standard InChI is InChI=1S/C14H19N3/c1-9-2-4-10(5-3-9)14-16-12-7-6-11(15)8-13(12)17-14/h2-5,11-13H,6-8,15H2,1H3,(H,16,17). The monoisotopic (exact) mass is 229 g/mol. The molecule has 3 nitrogen and oxygen atoms in total. The molecule has 3 unspecified atom stereocenters. The summed E-state index contributed by atoms with van der Waals surface area (Å²) in [5, 5.41) is 3.53. The Kier molecular flexibility index (Phi) is 2.63. The number of nitrogens with two attached hydrogens (primary N) is 1. The first kappa shape index (κ1) is 10.8. The maximum atomic E-state index is 6.00. The summed E-state index contributed by atoms with van der Waals surface area (Å²) in [6.45, 7) is 2.10. The minimum atomic E-state index is 0.344. The van der Waals surface area contributed by atoms with Gasteiger partial charge in [0, 0.05) is 11.6 Å². The van der Waals surface area contributed by atoms with E-state index in [1.54, 1.807) is 0 Å². The fourth-order valence-corrected chi connectivity index (χ4v) is 2.74. The quantitative estimate of drug-likeness (QED) is 0.768. The van der Waals surface area contributed by atoms with Crippen LogP contribution in [-0.4, -0.2) is 24.0 Å². The van der Waals surface area contributed by atoms with Gasteiger partial charge in [0.05, 0.1) is 12.1 Å². The number of amidine groups is 1. The average Bonchev–Trinajstić information content (AvgIpc) is 2.72. The minimum Gasteiger partial charge on any atom is -0.365 e. The van der Waals surface area contributed by atoms with E-state index in [2.05, 4.69) is 36.5 Å². The zero-order valence-corrected chi connectivity index (χ0v) is 10.2. The summed E-state index contributed by atoms with van der Waals surface area (Å²) >= 11 is 0. The second kappa shape index (κ2) is 4.15. The van der Waals surface area contributed by atoms with Gasteiger partial charge in [-0.2, -0.15) is 0 Å². The fraction of sp³-hybridized carbons (Fsp3) is 0.500. The van der Waals surface area contributed by atoms with E-state index in [0.29, 0.717) is 18.1 Å². The Morgan fingerprint density at radius 2 is 2.00 bits per heavy atom. The van der Waals surface area contributed by atoms with E-state index >= 15 is 0 Å². The zero-order valence-electron chi connectivity index (χ0n) is 10.2. The van der Waals surface area contributed by atoms with Gasteiger partial charge < -0.3 is 11.1 Å². The van der Waals surface area contributed by atoms with Crippen molar-refractivity contribution < 1.29 is 0 Å². The van der Waals surface area contributed by atoms with Crippen molar-refractivity contribution in [1.29, 1.82) is 0 Å². The highest BCUT2D eigenvalue weighted by molar-refractivity contribution is 6.00. The SMILES string of the molecule is Cc1ccc(C2=NC3CCC(N)CC3N2)cc1. The highest BCUT2D eigenvalue weighted by Gasteiger charge is 2.33. The molecule has 3 rings (SSSR count). The molecule has 3 heteroatoms. The second-order valence-corrected chi connectivity index (χ2v) is 5.24. The predicted molar refractivity (Wildman–Crippen MR) is 70.3 cm³/mol. The molecule has 2 aliphatic rings. The number of aliphatic imine (C=N–C) groups is 1. The Morgan fingerprint density at radius 1 is 1.24 bits per heavy atom. The molecular weight excluding hydrogens is 210 g/mol. The van der Waals surface area contributed by atoms with Crippen LogP contribution in [0.1, 0.15) is 30.4 Å². The maximum absolute atomic E-state index is 6.00. The van der Waals surface area contributed by atoms with Crippen molar-refractivity contribution in [1.82, 2.24) is 5.32 Å². The number of benzene rings is 1. The predicted octanol–water partition coefficient (Wildman–Crippen LogP) is 1.59. The highest BCUT2D eigenvalue weighted by Crippen LogP contribution is 2.25. The highest BCUT2D eigenvalue weighted by atomic mass is 15.1. The summed E-state index contributed by atoms with van der Waals surface area (Å²) in [6, 6.07) is 9.77. The van der Waals surface area contributed by atoms with Crippen LogP contribution >= 0.6 is 0 Å². The molecule has 1 aromatic rings. The molecule has 3 atom stereocenters. The van der Waals surface area contributed by atoms with Gasteiger partial charge in [0.25, 0.3) is 0 Å². The first-order valence-corrected chi connectivity index (χ1v) is 6.39. The Morgan fingerprint density at radius 3 is 2.76 bits per heavy atom. The molecule has 90 valence electrons. The molecule has 1 fully saturated rings. The van der Waals surface area contributed by atoms with Crippen LogP contribution in [0.2, 0.25) is 0 Å². The van der Waals surface area contributed by atoms with Crippen LogP contribution in [0.3, 0.4) is 0 Å². The summed E-state index contributed by atoms with van der Waals surface area (Å²) in [5.41, 5.74) is 8.48. The lowest BCUT2D eigenvalue weighted by Crippen LogP contribution is -2.44. The number of hydrogen-bond acceptors (Lipinski definition) is 3. The molecule has 0 radical (unpaired) electrons. The Bertz CT molecular complexity index is 435. The third-order valence-corrected chi connectivity index (χ3v) is 3.80. The van der Waals surface area contributed by atoms with E-state index in [9.17, 15) is 0 Å². The lowest BCUT2D eigenvalue weighted by molar-refractivity contribution is 0.347. The lowest BCUT2D eigenvalue weighted by Gasteiger charge is -2.28. The van der Waals surface area contributed by atoms with Gasteiger partial charge in [-0.1, -0.05) is 29.8 Å². The molecule has 1 aliphatic heterocycles. The van der Waals surface area contributed by atoms with Gasteiger partial charge in [0.2, 0.25) is 0 Å². The van der Waals surface area contributed by atoms with E-state index in [1.165, 1.54) is 11.1 Å². The van der Waals surface area contributed by atoms with Gasteiger partial charge in [-0.3, -0.25) is 4.99 Å². The zero-order chi connectivity index (χ0) is 11.8. The van der Waals surface area contributed by atoms with Crippen molar-refractivity contribution in [2.45, 2.75) is 44.3 Å². The summed E-state index contributed by atoms with van der Waals surface area (Å²) in [5.74, 6) is 1.05. The summed E-state index contributed by atoms with van der Waals surface area (Å²) < 4.78 is 0. The summed E-state index contributed by atoms with van der Waals surface area (Å²) in [7, 11) is 0. The number of rotatable bonds is 1. The number of aryl methyl sites for hydroxylation is 1. The molecule has 3 N–H and O–H groups in total. The topological polar surface area (TPSA) is 50.4 Å². The lowest BCUT2D eigenvalue weighted by atomic mass is 9.88. The van der Waals surface area contributed by atoms with Crippen LogP contribution in [-0.2, 0) is 0 Å². The van der Waals surface area contributed by atoms with Crippen molar-refractivity contribution in [2.24, 2.45) is 10.7 Å². The van der Waals surface area contributed by atoms with Crippen LogP contribution in [0.4, 0.5) is 0 Å². The summed E-state index contributed by atoms with van der Waals surface area (Å²) in [4.78, 5) is 4.79. The smallest absolute Gasteiger partial charge is 0.128 e. The van der Waals surface area contributed by atoms with Gasteiger partial charge >= 0.3 is 0 Å². The number of nitrogens with one attached hydrogen (secondary N) is 1. The maximum Gasteiger partial charge on any atom is 0.128 e. The van der Waals surface area contributed by atoms with Gasteiger partial charge in [-0.25, -0.2) is 0 Å². The van der Waals surface area contributed by atoms with Gasteiger partial charge in [0.15, 0.2) is 0 Å². The van der Waals surface area contributed by atoms with E-state index in [1.807, 2.05) is 0 Å². The first-order valence-electron chi connectivity index (χ1n) is 6.39. The van der Waals surface area contributed by atoms with Crippen LogP contribution in [0.15, 0.2) is 29.3 Å². The third-order valence-electron chi connectivity index (χ3n) is 3.80. The summed E-state index contributed by atoms with van der Waals surface area (Å²) in [6.07, 6.45) is 3.27. The van der Waals surface area contributed by atoms with E-state index in [-0.39, 0.29) is 0 Å². The Balaban J connectivity index is 1.80. The molecule has 0 amide bonds. The molecular formula is C14H19N3. The van der Waals surface area contributed by atoms with Gasteiger partial charge in [-0.05, 0) is 26.2 Å². The van der Waals surface area contributed by atoms with Crippen molar-refractivity contribution >= 4 is 5.84 Å². The second-order valence-electron chi connectivity index (χ2n) is 5.24. The first-order chi connectivity index (χ1) is 8.22. The Labute approximate surface area is 102 Å². The molecule has 0 spiro atoms. The van der Waals surface area contributed by atoms with E-state index in [0.717, 1.165) is 25.1 Å². The fourth-order valence-electron chi connectivity index (χ4n) is 2.74. The molecule has 0 bridgehead atoms. The van der Waals surface area contributed by atoms with Crippen molar-refractivity contribution in [2.75, 3.05) is 0 Å². The van der Waals surface area contributed by atoms with Gasteiger partial charge in [0.1, 0.15) is 5.84 Å². The van der Waals surface area contributed by atoms with Crippen molar-refractivity contribution in [3.63, 3.8) is 0 Å². The van der Waals surface area contributed by atoms with Gasteiger partial charge in [-0.15, -0.1) is 0 Å². The molecule has 0 saturated heterocycles. The van der Waals surface area contributed by atoms with Crippen LogP contribution in [0.5, 0.6) is 0 Å². The molecule has 1 aromatic carbocycles. The van der Waals surface area contributed by atoms with Crippen molar-refractivity contribution in [3.05, 3.63) is 35.4 Å². The van der Waals surface area contributed by atoms with Crippen LogP contribution in [0.25, 0.3) is 0 Å². The molecule has 17 heavy (non-hydrogen) atoms. The minimum absolute atomic E-state index is 0.344. The normalized spacial score (nSPS) is 31.6. The Hall–Kier alpha value is -1.35. The molecule has 1 saturated carbocycles. The van der Waals surface area contributed by atoms with E-state index in [4.69, 9.17) is 10.7 Å².